The lowest BCUT2D eigenvalue weighted by molar-refractivity contribution is 0.0299. The van der Waals surface area contributed by atoms with E-state index in [9.17, 15) is 0 Å². The van der Waals surface area contributed by atoms with Crippen molar-refractivity contribution in [3.8, 4) is 0 Å². The fraction of sp³-hybridized carbons (Fsp3) is 1.00. The highest BCUT2D eigenvalue weighted by Gasteiger charge is 2.12. The second-order valence-electron chi connectivity index (χ2n) is 4.84. The van der Waals surface area contributed by atoms with Gasteiger partial charge in [0.15, 0.2) is 0 Å². The Kier molecular flexibility index (Phi) is 10.5. The van der Waals surface area contributed by atoms with E-state index in [1.165, 1.54) is 32.1 Å². The van der Waals surface area contributed by atoms with Gasteiger partial charge in [-0.2, -0.15) is 0 Å². The summed E-state index contributed by atoms with van der Waals surface area (Å²) in [6.45, 7) is 4.98. The van der Waals surface area contributed by atoms with E-state index in [0.717, 1.165) is 32.7 Å². The Hall–Kier alpha value is -0.160. The molecule has 108 valence electrons. The number of nitrogens with one attached hydrogen (secondary N) is 1. The number of hydrogen-bond acceptors (Lipinski definition) is 4. The number of methoxy groups -OCH3 is 1. The zero-order chi connectivity index (χ0) is 12.9. The molecule has 0 radical (unpaired) electrons. The van der Waals surface area contributed by atoms with Gasteiger partial charge in [0.1, 0.15) is 0 Å². The summed E-state index contributed by atoms with van der Waals surface area (Å²) in [6.07, 6.45) is 8.17. The first-order chi connectivity index (χ1) is 8.93. The van der Waals surface area contributed by atoms with Crippen LogP contribution in [0.25, 0.3) is 0 Å². The average Bonchev–Trinajstić information content (AvgIpc) is 2.42. The van der Waals surface area contributed by atoms with Crippen molar-refractivity contribution in [1.29, 1.82) is 0 Å². The van der Waals surface area contributed by atoms with Crippen molar-refractivity contribution in [2.45, 2.75) is 44.6 Å². The van der Waals surface area contributed by atoms with Gasteiger partial charge < -0.3 is 19.5 Å². The Labute approximate surface area is 111 Å². The van der Waals surface area contributed by atoms with Crippen LogP contribution in [-0.4, -0.2) is 52.7 Å². The first-order valence-corrected chi connectivity index (χ1v) is 7.32. The van der Waals surface area contributed by atoms with Gasteiger partial charge in [-0.15, -0.1) is 0 Å². The summed E-state index contributed by atoms with van der Waals surface area (Å²) in [7, 11) is 1.69. The van der Waals surface area contributed by atoms with Crippen LogP contribution in [0.4, 0.5) is 0 Å². The molecule has 0 saturated heterocycles. The molecule has 1 aliphatic carbocycles. The molecule has 0 atom stereocenters. The molecule has 0 amide bonds. The zero-order valence-electron chi connectivity index (χ0n) is 11.8. The maximum absolute atomic E-state index is 5.83. The molecule has 0 bridgehead atoms. The van der Waals surface area contributed by atoms with E-state index < -0.39 is 0 Å². The van der Waals surface area contributed by atoms with Crippen molar-refractivity contribution in [3.05, 3.63) is 0 Å². The van der Waals surface area contributed by atoms with Gasteiger partial charge in [0, 0.05) is 20.3 Å². The number of ether oxygens (including phenoxy) is 3. The SMILES string of the molecule is COCCOCCCNCCOC1CCCCC1. The Morgan fingerprint density at radius 3 is 2.56 bits per heavy atom. The Morgan fingerprint density at radius 1 is 0.944 bits per heavy atom. The van der Waals surface area contributed by atoms with Crippen LogP contribution in [0.1, 0.15) is 38.5 Å². The van der Waals surface area contributed by atoms with Crippen LogP contribution in [0, 0.1) is 0 Å². The Morgan fingerprint density at radius 2 is 1.78 bits per heavy atom. The summed E-state index contributed by atoms with van der Waals surface area (Å²) in [5, 5.41) is 3.38. The molecule has 1 saturated carbocycles. The molecular weight excluding hydrogens is 230 g/mol. The first-order valence-electron chi connectivity index (χ1n) is 7.32. The third-order valence-corrected chi connectivity index (χ3v) is 3.26. The van der Waals surface area contributed by atoms with Gasteiger partial charge in [-0.25, -0.2) is 0 Å². The highest BCUT2D eigenvalue weighted by molar-refractivity contribution is 4.65. The van der Waals surface area contributed by atoms with Gasteiger partial charge in [0.05, 0.1) is 25.9 Å². The highest BCUT2D eigenvalue weighted by atomic mass is 16.5. The summed E-state index contributed by atoms with van der Waals surface area (Å²) >= 11 is 0. The third-order valence-electron chi connectivity index (χ3n) is 3.26. The lowest BCUT2D eigenvalue weighted by atomic mass is 9.98. The second-order valence-corrected chi connectivity index (χ2v) is 4.84. The molecule has 0 heterocycles. The molecule has 1 N–H and O–H groups in total. The molecule has 4 heteroatoms. The molecule has 18 heavy (non-hydrogen) atoms. The Balaban J connectivity index is 1.73. The van der Waals surface area contributed by atoms with Gasteiger partial charge in [0.2, 0.25) is 0 Å². The van der Waals surface area contributed by atoms with E-state index in [-0.39, 0.29) is 0 Å². The maximum atomic E-state index is 5.83. The molecule has 1 rings (SSSR count). The summed E-state index contributed by atoms with van der Waals surface area (Å²) in [4.78, 5) is 0. The summed E-state index contributed by atoms with van der Waals surface area (Å²) in [6, 6.07) is 0. The summed E-state index contributed by atoms with van der Waals surface area (Å²) in [5.74, 6) is 0. The van der Waals surface area contributed by atoms with E-state index in [1.807, 2.05) is 0 Å². The van der Waals surface area contributed by atoms with Gasteiger partial charge in [0.25, 0.3) is 0 Å². The molecule has 0 aromatic heterocycles. The fourth-order valence-electron chi connectivity index (χ4n) is 2.20. The van der Waals surface area contributed by atoms with Gasteiger partial charge in [-0.1, -0.05) is 19.3 Å². The van der Waals surface area contributed by atoms with Gasteiger partial charge >= 0.3 is 0 Å². The van der Waals surface area contributed by atoms with Crippen molar-refractivity contribution >= 4 is 0 Å². The van der Waals surface area contributed by atoms with Crippen molar-refractivity contribution in [1.82, 2.24) is 5.32 Å². The molecule has 0 unspecified atom stereocenters. The molecule has 0 aromatic rings. The van der Waals surface area contributed by atoms with Crippen LogP contribution < -0.4 is 5.32 Å². The molecule has 0 aromatic carbocycles. The molecule has 1 aliphatic rings. The van der Waals surface area contributed by atoms with Crippen molar-refractivity contribution in [2.24, 2.45) is 0 Å². The van der Waals surface area contributed by atoms with E-state index in [2.05, 4.69) is 5.32 Å². The summed E-state index contributed by atoms with van der Waals surface area (Å²) < 4.78 is 16.1. The fourth-order valence-corrected chi connectivity index (χ4v) is 2.20. The minimum atomic E-state index is 0.526. The van der Waals surface area contributed by atoms with E-state index in [4.69, 9.17) is 14.2 Å². The normalized spacial score (nSPS) is 17.2. The topological polar surface area (TPSA) is 39.7 Å². The summed E-state index contributed by atoms with van der Waals surface area (Å²) in [5.41, 5.74) is 0. The molecule has 0 spiro atoms. The maximum Gasteiger partial charge on any atom is 0.0700 e. The minimum Gasteiger partial charge on any atom is -0.382 e. The predicted molar refractivity (Wildman–Crippen MR) is 73.0 cm³/mol. The number of hydrogen-bond donors (Lipinski definition) is 1. The minimum absolute atomic E-state index is 0.526. The van der Waals surface area contributed by atoms with Crippen LogP contribution in [0.2, 0.25) is 0 Å². The first kappa shape index (κ1) is 15.9. The van der Waals surface area contributed by atoms with Crippen molar-refractivity contribution < 1.29 is 14.2 Å². The predicted octanol–water partition coefficient (Wildman–Crippen LogP) is 1.98. The zero-order valence-corrected chi connectivity index (χ0v) is 11.8. The smallest absolute Gasteiger partial charge is 0.0700 e. The third kappa shape index (κ3) is 8.86. The van der Waals surface area contributed by atoms with E-state index in [0.29, 0.717) is 19.3 Å². The highest BCUT2D eigenvalue weighted by Crippen LogP contribution is 2.19. The van der Waals surface area contributed by atoms with Crippen LogP contribution in [0.15, 0.2) is 0 Å². The monoisotopic (exact) mass is 259 g/mol. The van der Waals surface area contributed by atoms with Crippen molar-refractivity contribution in [2.75, 3.05) is 46.6 Å². The van der Waals surface area contributed by atoms with Crippen LogP contribution >= 0.6 is 0 Å². The largest absolute Gasteiger partial charge is 0.382 e. The van der Waals surface area contributed by atoms with Gasteiger partial charge in [-0.05, 0) is 25.8 Å². The molecule has 4 nitrogen and oxygen atoms in total. The standard InChI is InChI=1S/C14H29NO3/c1-16-12-13-17-10-5-8-15-9-11-18-14-6-3-2-4-7-14/h14-15H,2-13H2,1H3. The molecule has 1 fully saturated rings. The second kappa shape index (κ2) is 11.9. The van der Waals surface area contributed by atoms with Crippen LogP contribution in [-0.2, 0) is 14.2 Å². The molecule has 0 aliphatic heterocycles. The van der Waals surface area contributed by atoms with E-state index in [1.54, 1.807) is 7.11 Å². The molecular formula is C14H29NO3. The van der Waals surface area contributed by atoms with Crippen LogP contribution in [0.5, 0.6) is 0 Å². The average molecular weight is 259 g/mol. The van der Waals surface area contributed by atoms with Crippen molar-refractivity contribution in [3.63, 3.8) is 0 Å². The van der Waals surface area contributed by atoms with Crippen LogP contribution in [0.3, 0.4) is 0 Å². The van der Waals surface area contributed by atoms with Gasteiger partial charge in [-0.3, -0.25) is 0 Å². The lowest BCUT2D eigenvalue weighted by Crippen LogP contribution is -2.25. The van der Waals surface area contributed by atoms with E-state index >= 15 is 0 Å². The quantitative estimate of drug-likeness (QED) is 0.576. The lowest BCUT2D eigenvalue weighted by Gasteiger charge is -2.22. The Bertz CT molecular complexity index is 172. The number of rotatable bonds is 11.